The molecule has 0 aliphatic carbocycles. The van der Waals surface area contributed by atoms with E-state index in [0.29, 0.717) is 36.0 Å². The van der Waals surface area contributed by atoms with Gasteiger partial charge in [-0.15, -0.1) is 0 Å². The van der Waals surface area contributed by atoms with Crippen molar-refractivity contribution in [1.29, 1.82) is 0 Å². The molecule has 146 valence electrons. The van der Waals surface area contributed by atoms with E-state index >= 15 is 0 Å². The summed E-state index contributed by atoms with van der Waals surface area (Å²) in [5.74, 6) is 0.225. The Balaban J connectivity index is 1.79. The van der Waals surface area contributed by atoms with Gasteiger partial charge >= 0.3 is 0 Å². The molecular formula is C20H27ClN4O2. The van der Waals surface area contributed by atoms with Gasteiger partial charge in [-0.1, -0.05) is 25.4 Å². The summed E-state index contributed by atoms with van der Waals surface area (Å²) < 4.78 is 1.97. The molecule has 0 unspecified atom stereocenters. The van der Waals surface area contributed by atoms with Crippen LogP contribution in [0.4, 0.5) is 0 Å². The van der Waals surface area contributed by atoms with E-state index in [0.717, 1.165) is 23.5 Å². The standard InChI is InChI=1S/C20H27ClN4O2/c1-13(2)12-25-15(4)18(14(3)24-25)11-19(26)22-9-10-23-20(27)16-5-7-17(21)8-6-16/h5-8,13H,9-12H2,1-4H3,(H,22,26)(H,23,27). The molecule has 1 aromatic heterocycles. The summed E-state index contributed by atoms with van der Waals surface area (Å²) in [6.07, 6.45) is 0.293. The van der Waals surface area contributed by atoms with Gasteiger partial charge in [0.05, 0.1) is 12.1 Å². The highest BCUT2D eigenvalue weighted by Gasteiger charge is 2.15. The number of aromatic nitrogens is 2. The number of nitrogens with one attached hydrogen (secondary N) is 2. The molecule has 6 nitrogen and oxygen atoms in total. The lowest BCUT2D eigenvalue weighted by Gasteiger charge is -2.09. The number of halogens is 1. The number of carbonyl (C=O) groups excluding carboxylic acids is 2. The van der Waals surface area contributed by atoms with Crippen molar-refractivity contribution in [3.05, 3.63) is 51.8 Å². The molecule has 0 spiro atoms. The zero-order valence-electron chi connectivity index (χ0n) is 16.3. The van der Waals surface area contributed by atoms with Crippen molar-refractivity contribution in [3.8, 4) is 0 Å². The Morgan fingerprint density at radius 1 is 1.11 bits per heavy atom. The van der Waals surface area contributed by atoms with Crippen molar-refractivity contribution >= 4 is 23.4 Å². The first-order valence-electron chi connectivity index (χ1n) is 9.11. The quantitative estimate of drug-likeness (QED) is 0.680. The monoisotopic (exact) mass is 390 g/mol. The molecule has 1 heterocycles. The molecule has 0 fully saturated rings. The molecule has 0 aliphatic rings. The van der Waals surface area contributed by atoms with Crippen molar-refractivity contribution in [2.45, 2.75) is 40.7 Å². The average molecular weight is 391 g/mol. The molecule has 0 aliphatic heterocycles. The van der Waals surface area contributed by atoms with E-state index < -0.39 is 0 Å². The second-order valence-corrected chi connectivity index (χ2v) is 7.45. The maximum atomic E-state index is 12.2. The van der Waals surface area contributed by atoms with E-state index in [1.54, 1.807) is 24.3 Å². The minimum absolute atomic E-state index is 0.0777. The van der Waals surface area contributed by atoms with Gasteiger partial charge < -0.3 is 10.6 Å². The Labute approximate surface area is 165 Å². The number of hydrogen-bond donors (Lipinski definition) is 2. The Bertz CT molecular complexity index is 797. The topological polar surface area (TPSA) is 76.0 Å². The van der Waals surface area contributed by atoms with Crippen molar-refractivity contribution < 1.29 is 9.59 Å². The summed E-state index contributed by atoms with van der Waals surface area (Å²) >= 11 is 5.81. The lowest BCUT2D eigenvalue weighted by atomic mass is 10.1. The molecule has 0 atom stereocenters. The highest BCUT2D eigenvalue weighted by atomic mass is 35.5. The number of benzene rings is 1. The molecule has 0 saturated heterocycles. The Morgan fingerprint density at radius 3 is 2.37 bits per heavy atom. The minimum Gasteiger partial charge on any atom is -0.354 e. The molecular weight excluding hydrogens is 364 g/mol. The van der Waals surface area contributed by atoms with Crippen LogP contribution in [0, 0.1) is 19.8 Å². The molecule has 1 aromatic carbocycles. The summed E-state index contributed by atoms with van der Waals surface area (Å²) in [5.41, 5.74) is 3.43. The maximum absolute atomic E-state index is 12.2. The van der Waals surface area contributed by atoms with E-state index in [-0.39, 0.29) is 11.8 Å². The fourth-order valence-electron chi connectivity index (χ4n) is 2.82. The molecule has 2 amide bonds. The normalized spacial score (nSPS) is 10.9. The van der Waals surface area contributed by atoms with Gasteiger partial charge in [0.2, 0.25) is 5.91 Å². The van der Waals surface area contributed by atoms with E-state index in [9.17, 15) is 9.59 Å². The summed E-state index contributed by atoms with van der Waals surface area (Å²) in [5, 5.41) is 10.7. The second kappa shape index (κ2) is 9.55. The van der Waals surface area contributed by atoms with Crippen LogP contribution in [0.25, 0.3) is 0 Å². The molecule has 2 N–H and O–H groups in total. The highest BCUT2D eigenvalue weighted by Crippen LogP contribution is 2.15. The maximum Gasteiger partial charge on any atom is 0.251 e. The Morgan fingerprint density at radius 2 is 1.74 bits per heavy atom. The van der Waals surface area contributed by atoms with Gasteiger partial charge in [-0.2, -0.15) is 5.10 Å². The zero-order valence-corrected chi connectivity index (χ0v) is 17.1. The number of carbonyl (C=O) groups is 2. The number of hydrogen-bond acceptors (Lipinski definition) is 3. The average Bonchev–Trinajstić information content (AvgIpc) is 2.86. The van der Waals surface area contributed by atoms with E-state index in [4.69, 9.17) is 11.6 Å². The van der Waals surface area contributed by atoms with Crippen LogP contribution in [-0.4, -0.2) is 34.7 Å². The molecule has 7 heteroatoms. The molecule has 2 rings (SSSR count). The molecule has 0 saturated carbocycles. The Kier molecular flexibility index (Phi) is 7.42. The van der Waals surface area contributed by atoms with Crippen molar-refractivity contribution in [3.63, 3.8) is 0 Å². The van der Waals surface area contributed by atoms with Gasteiger partial charge in [0.25, 0.3) is 5.91 Å². The van der Waals surface area contributed by atoms with Crippen molar-refractivity contribution in [2.24, 2.45) is 5.92 Å². The lowest BCUT2D eigenvalue weighted by molar-refractivity contribution is -0.120. The van der Waals surface area contributed by atoms with Crippen molar-refractivity contribution in [2.75, 3.05) is 13.1 Å². The van der Waals surface area contributed by atoms with Crippen molar-refractivity contribution in [1.82, 2.24) is 20.4 Å². The molecule has 2 aromatic rings. The van der Waals surface area contributed by atoms with Crippen LogP contribution in [-0.2, 0) is 17.8 Å². The number of nitrogens with zero attached hydrogens (tertiary/aromatic N) is 2. The molecule has 0 bridgehead atoms. The predicted octanol–water partition coefficient (Wildman–Crippen LogP) is 2.90. The van der Waals surface area contributed by atoms with Crippen LogP contribution in [0.2, 0.25) is 5.02 Å². The first-order valence-corrected chi connectivity index (χ1v) is 9.49. The van der Waals surface area contributed by atoms with Gasteiger partial charge in [-0.3, -0.25) is 14.3 Å². The van der Waals surface area contributed by atoms with Gasteiger partial charge in [-0.05, 0) is 44.0 Å². The lowest BCUT2D eigenvalue weighted by Crippen LogP contribution is -2.35. The number of rotatable bonds is 8. The third-order valence-electron chi connectivity index (χ3n) is 4.25. The SMILES string of the molecule is Cc1nn(CC(C)C)c(C)c1CC(=O)NCCNC(=O)c1ccc(Cl)cc1. The Hall–Kier alpha value is -2.34. The fraction of sp³-hybridized carbons (Fsp3) is 0.450. The van der Waals surface area contributed by atoms with E-state index in [1.807, 2.05) is 18.5 Å². The zero-order chi connectivity index (χ0) is 20.0. The first-order chi connectivity index (χ1) is 12.8. The van der Waals surface area contributed by atoms with Crippen LogP contribution in [0.3, 0.4) is 0 Å². The summed E-state index contributed by atoms with van der Waals surface area (Å²) in [7, 11) is 0. The highest BCUT2D eigenvalue weighted by molar-refractivity contribution is 6.30. The van der Waals surface area contributed by atoms with Gasteiger partial charge in [0, 0.05) is 41.5 Å². The third kappa shape index (κ3) is 6.10. The van der Waals surface area contributed by atoms with Crippen LogP contribution in [0.15, 0.2) is 24.3 Å². The summed E-state index contributed by atoms with van der Waals surface area (Å²) in [6.45, 7) is 9.78. The molecule has 27 heavy (non-hydrogen) atoms. The summed E-state index contributed by atoms with van der Waals surface area (Å²) in [4.78, 5) is 24.2. The number of aryl methyl sites for hydroxylation is 1. The predicted molar refractivity (Wildman–Crippen MR) is 107 cm³/mol. The largest absolute Gasteiger partial charge is 0.354 e. The van der Waals surface area contributed by atoms with Crippen LogP contribution >= 0.6 is 11.6 Å². The smallest absolute Gasteiger partial charge is 0.251 e. The van der Waals surface area contributed by atoms with Crippen LogP contribution in [0.1, 0.15) is 41.2 Å². The van der Waals surface area contributed by atoms with Gasteiger partial charge in [0.1, 0.15) is 0 Å². The third-order valence-corrected chi connectivity index (χ3v) is 4.50. The van der Waals surface area contributed by atoms with Gasteiger partial charge in [-0.25, -0.2) is 0 Å². The second-order valence-electron chi connectivity index (χ2n) is 7.01. The number of amides is 2. The molecule has 0 radical (unpaired) electrons. The van der Waals surface area contributed by atoms with E-state index in [2.05, 4.69) is 29.6 Å². The van der Waals surface area contributed by atoms with Crippen LogP contribution in [0.5, 0.6) is 0 Å². The van der Waals surface area contributed by atoms with E-state index in [1.165, 1.54) is 0 Å². The minimum atomic E-state index is -0.192. The summed E-state index contributed by atoms with van der Waals surface area (Å²) in [6, 6.07) is 6.66. The fourth-order valence-corrected chi connectivity index (χ4v) is 2.94. The van der Waals surface area contributed by atoms with Crippen LogP contribution < -0.4 is 10.6 Å². The first kappa shape index (κ1) is 21.0. The van der Waals surface area contributed by atoms with Gasteiger partial charge in [0.15, 0.2) is 0 Å².